The summed E-state index contributed by atoms with van der Waals surface area (Å²) in [6.07, 6.45) is 5.13. The molecule has 5 nitrogen and oxygen atoms in total. The zero-order valence-corrected chi connectivity index (χ0v) is 11.3. The van der Waals surface area contributed by atoms with Crippen LogP contribution in [0, 0.1) is 5.92 Å². The van der Waals surface area contributed by atoms with Crippen molar-refractivity contribution in [2.75, 3.05) is 6.54 Å². The highest BCUT2D eigenvalue weighted by Crippen LogP contribution is 2.24. The van der Waals surface area contributed by atoms with Crippen LogP contribution >= 0.6 is 0 Å². The average molecular weight is 274 g/mol. The number of rotatable bonds is 4. The van der Waals surface area contributed by atoms with Crippen LogP contribution in [-0.4, -0.2) is 17.4 Å². The first-order valence-corrected chi connectivity index (χ1v) is 7.12. The summed E-state index contributed by atoms with van der Waals surface area (Å²) in [5.41, 5.74) is 2.34. The molecular formula is C15H18N2O3. The molecule has 1 saturated carbocycles. The van der Waals surface area contributed by atoms with Gasteiger partial charge < -0.3 is 9.73 Å². The Labute approximate surface area is 116 Å². The van der Waals surface area contributed by atoms with E-state index in [4.69, 9.17) is 4.42 Å². The maximum Gasteiger partial charge on any atom is 0.417 e. The van der Waals surface area contributed by atoms with Gasteiger partial charge in [-0.3, -0.25) is 9.78 Å². The Bertz CT molecular complexity index is 665. The minimum absolute atomic E-state index is 0.181. The van der Waals surface area contributed by atoms with Crippen LogP contribution in [0.1, 0.15) is 31.2 Å². The van der Waals surface area contributed by atoms with Gasteiger partial charge in [-0.15, -0.1) is 0 Å². The number of H-pyrrole nitrogens is 1. The Hall–Kier alpha value is -2.04. The van der Waals surface area contributed by atoms with Crippen molar-refractivity contribution in [3.05, 3.63) is 34.3 Å². The minimum atomic E-state index is -0.438. The van der Waals surface area contributed by atoms with Gasteiger partial charge in [0.2, 0.25) is 5.91 Å². The van der Waals surface area contributed by atoms with Crippen molar-refractivity contribution >= 4 is 17.0 Å². The van der Waals surface area contributed by atoms with E-state index >= 15 is 0 Å². The van der Waals surface area contributed by atoms with E-state index in [1.165, 1.54) is 12.8 Å². The van der Waals surface area contributed by atoms with Crippen molar-refractivity contribution in [2.24, 2.45) is 5.92 Å². The molecule has 106 valence electrons. The van der Waals surface area contributed by atoms with Crippen molar-refractivity contribution in [2.45, 2.75) is 32.1 Å². The van der Waals surface area contributed by atoms with Crippen LogP contribution in [0.3, 0.4) is 0 Å². The number of carbonyl (C=O) groups is 1. The lowest BCUT2D eigenvalue weighted by atomic mass is 10.1. The highest BCUT2D eigenvalue weighted by atomic mass is 16.4. The van der Waals surface area contributed by atoms with Gasteiger partial charge in [-0.05, 0) is 37.0 Å². The lowest BCUT2D eigenvalue weighted by molar-refractivity contribution is -0.124. The molecule has 2 aromatic rings. The summed E-state index contributed by atoms with van der Waals surface area (Å²) in [5.74, 6) is -0.0466. The molecule has 1 aliphatic rings. The molecule has 0 spiro atoms. The molecule has 0 atom stereocenters. The fraction of sp³-hybridized carbons (Fsp3) is 0.467. The Morgan fingerprint density at radius 2 is 2.15 bits per heavy atom. The summed E-state index contributed by atoms with van der Waals surface area (Å²) in [4.78, 5) is 25.6. The topological polar surface area (TPSA) is 75.1 Å². The molecule has 5 heteroatoms. The van der Waals surface area contributed by atoms with E-state index in [1.807, 2.05) is 12.1 Å². The van der Waals surface area contributed by atoms with Gasteiger partial charge >= 0.3 is 5.76 Å². The number of carbonyl (C=O) groups excluding carboxylic acids is 1. The predicted octanol–water partition coefficient (Wildman–Crippen LogP) is 1.97. The van der Waals surface area contributed by atoms with Gasteiger partial charge in [-0.25, -0.2) is 4.79 Å². The minimum Gasteiger partial charge on any atom is -0.408 e. The smallest absolute Gasteiger partial charge is 0.408 e. The molecule has 0 bridgehead atoms. The van der Waals surface area contributed by atoms with E-state index in [-0.39, 0.29) is 11.8 Å². The van der Waals surface area contributed by atoms with Crippen LogP contribution in [0.5, 0.6) is 0 Å². The zero-order chi connectivity index (χ0) is 13.9. The second-order valence-electron chi connectivity index (χ2n) is 5.37. The molecule has 2 N–H and O–H groups in total. The number of aromatic nitrogens is 1. The van der Waals surface area contributed by atoms with Crippen molar-refractivity contribution < 1.29 is 9.21 Å². The van der Waals surface area contributed by atoms with Gasteiger partial charge in [0, 0.05) is 12.5 Å². The van der Waals surface area contributed by atoms with E-state index < -0.39 is 5.76 Å². The average Bonchev–Trinajstić information content (AvgIpc) is 3.05. The SMILES string of the molecule is O=C(NCCc1ccc2oc(=O)[nH]c2c1)C1CCCC1. The summed E-state index contributed by atoms with van der Waals surface area (Å²) in [6, 6.07) is 5.59. The molecule has 1 aromatic carbocycles. The molecule has 1 heterocycles. The lowest BCUT2D eigenvalue weighted by Gasteiger charge is -2.10. The Balaban J connectivity index is 1.56. The molecule has 0 radical (unpaired) electrons. The van der Waals surface area contributed by atoms with Crippen molar-refractivity contribution in [1.82, 2.24) is 10.3 Å². The third-order valence-corrected chi connectivity index (χ3v) is 3.92. The second kappa shape index (κ2) is 5.53. The number of aromatic amines is 1. The third kappa shape index (κ3) is 2.76. The lowest BCUT2D eigenvalue weighted by Crippen LogP contribution is -2.30. The first kappa shape index (κ1) is 13.0. The quantitative estimate of drug-likeness (QED) is 0.895. The predicted molar refractivity (Wildman–Crippen MR) is 75.5 cm³/mol. The first-order valence-electron chi connectivity index (χ1n) is 7.12. The standard InChI is InChI=1S/C15H18N2O3/c18-14(11-3-1-2-4-11)16-8-7-10-5-6-13-12(9-10)17-15(19)20-13/h5-6,9,11H,1-4,7-8H2,(H,16,18)(H,17,19). The molecule has 1 amide bonds. The van der Waals surface area contributed by atoms with E-state index in [9.17, 15) is 9.59 Å². The first-order chi connectivity index (χ1) is 9.72. The molecule has 0 saturated heterocycles. The summed E-state index contributed by atoms with van der Waals surface area (Å²) >= 11 is 0. The van der Waals surface area contributed by atoms with Crippen LogP contribution in [0.15, 0.2) is 27.4 Å². The molecular weight excluding hydrogens is 256 g/mol. The zero-order valence-electron chi connectivity index (χ0n) is 11.3. The van der Waals surface area contributed by atoms with Crippen LogP contribution < -0.4 is 11.1 Å². The molecule has 0 unspecified atom stereocenters. The Morgan fingerprint density at radius 3 is 2.95 bits per heavy atom. The van der Waals surface area contributed by atoms with Gasteiger partial charge in [0.05, 0.1) is 5.52 Å². The van der Waals surface area contributed by atoms with Gasteiger partial charge in [-0.2, -0.15) is 0 Å². The summed E-state index contributed by atoms with van der Waals surface area (Å²) in [5, 5.41) is 2.99. The monoisotopic (exact) mass is 274 g/mol. The fourth-order valence-corrected chi connectivity index (χ4v) is 2.82. The number of hydrogen-bond acceptors (Lipinski definition) is 3. The Morgan fingerprint density at radius 1 is 1.35 bits per heavy atom. The normalized spacial score (nSPS) is 15.8. The van der Waals surface area contributed by atoms with Gasteiger partial charge in [0.1, 0.15) is 0 Å². The molecule has 20 heavy (non-hydrogen) atoms. The number of benzene rings is 1. The van der Waals surface area contributed by atoms with E-state index in [0.717, 1.165) is 24.8 Å². The van der Waals surface area contributed by atoms with Crippen LogP contribution in [0.4, 0.5) is 0 Å². The van der Waals surface area contributed by atoms with Crippen molar-refractivity contribution in [1.29, 1.82) is 0 Å². The van der Waals surface area contributed by atoms with Crippen molar-refractivity contribution in [3.8, 4) is 0 Å². The second-order valence-corrected chi connectivity index (χ2v) is 5.37. The maximum absolute atomic E-state index is 11.9. The molecule has 1 fully saturated rings. The van der Waals surface area contributed by atoms with Gasteiger partial charge in [0.15, 0.2) is 5.58 Å². The van der Waals surface area contributed by atoms with Gasteiger partial charge in [0.25, 0.3) is 0 Å². The maximum atomic E-state index is 11.9. The molecule has 1 aliphatic carbocycles. The highest BCUT2D eigenvalue weighted by molar-refractivity contribution is 5.78. The summed E-state index contributed by atoms with van der Waals surface area (Å²) in [6.45, 7) is 0.628. The van der Waals surface area contributed by atoms with Crippen LogP contribution in [0.2, 0.25) is 0 Å². The Kier molecular flexibility index (Phi) is 3.58. The van der Waals surface area contributed by atoms with E-state index in [2.05, 4.69) is 10.3 Å². The molecule has 1 aromatic heterocycles. The number of fused-ring (bicyclic) bond motifs is 1. The fourth-order valence-electron chi connectivity index (χ4n) is 2.82. The van der Waals surface area contributed by atoms with Gasteiger partial charge in [-0.1, -0.05) is 18.9 Å². The number of amides is 1. The summed E-state index contributed by atoms with van der Waals surface area (Å²) in [7, 11) is 0. The molecule has 0 aliphatic heterocycles. The third-order valence-electron chi connectivity index (χ3n) is 3.92. The van der Waals surface area contributed by atoms with Crippen LogP contribution in [0.25, 0.3) is 11.1 Å². The molecule has 3 rings (SSSR count). The highest BCUT2D eigenvalue weighted by Gasteiger charge is 2.21. The number of nitrogens with one attached hydrogen (secondary N) is 2. The largest absolute Gasteiger partial charge is 0.417 e. The summed E-state index contributed by atoms with van der Waals surface area (Å²) < 4.78 is 4.95. The number of hydrogen-bond donors (Lipinski definition) is 2. The van der Waals surface area contributed by atoms with E-state index in [0.29, 0.717) is 17.6 Å². The van der Waals surface area contributed by atoms with E-state index in [1.54, 1.807) is 6.07 Å². The van der Waals surface area contributed by atoms with Crippen molar-refractivity contribution in [3.63, 3.8) is 0 Å². The van der Waals surface area contributed by atoms with Crippen LogP contribution in [-0.2, 0) is 11.2 Å². The number of oxazole rings is 1.